The van der Waals surface area contributed by atoms with Gasteiger partial charge in [0.2, 0.25) is 0 Å². The fraction of sp³-hybridized carbons (Fsp3) is 0.611. The van der Waals surface area contributed by atoms with Crippen molar-refractivity contribution in [3.63, 3.8) is 0 Å². The molecule has 2 heterocycles. The van der Waals surface area contributed by atoms with Crippen molar-refractivity contribution < 1.29 is 19.4 Å². The number of ether oxygens (including phenoxy) is 2. The highest BCUT2D eigenvalue weighted by Crippen LogP contribution is 2.39. The molecule has 2 aliphatic heterocycles. The van der Waals surface area contributed by atoms with Crippen LogP contribution in [0.15, 0.2) is 24.3 Å². The predicted molar refractivity (Wildman–Crippen MR) is 91.4 cm³/mol. The van der Waals surface area contributed by atoms with Crippen LogP contribution in [0, 0.1) is 0 Å². The van der Waals surface area contributed by atoms with Gasteiger partial charge in [-0.2, -0.15) is 0 Å². The number of urea groups is 1. The predicted octanol–water partition coefficient (Wildman–Crippen LogP) is 2.62. The average molecular weight is 334 g/mol. The number of aliphatic hydroxyl groups is 1. The first kappa shape index (κ1) is 17.0. The lowest BCUT2D eigenvalue weighted by Crippen LogP contribution is -2.54. The number of nitrogens with one attached hydrogen (secondary N) is 1. The Bertz CT molecular complexity index is 577. The highest BCUT2D eigenvalue weighted by molar-refractivity contribution is 5.89. The molecule has 0 radical (unpaired) electrons. The molecule has 1 atom stereocenters. The summed E-state index contributed by atoms with van der Waals surface area (Å²) in [5.74, 6) is 0.759. The van der Waals surface area contributed by atoms with E-state index < -0.39 is 5.60 Å². The third-order valence-corrected chi connectivity index (χ3v) is 5.06. The molecule has 1 aromatic carbocycles. The molecule has 1 aromatic rings. The van der Waals surface area contributed by atoms with Crippen molar-refractivity contribution in [2.75, 3.05) is 32.1 Å². The number of hydrogen-bond donors (Lipinski definition) is 2. The van der Waals surface area contributed by atoms with E-state index in [-0.39, 0.29) is 11.6 Å². The number of piperidine rings is 1. The normalized spacial score (nSPS) is 26.2. The Kier molecular flexibility index (Phi) is 4.69. The van der Waals surface area contributed by atoms with Crippen molar-refractivity contribution in [1.82, 2.24) is 4.90 Å². The minimum absolute atomic E-state index is 0.0995. The second-order valence-corrected chi connectivity index (χ2v) is 7.10. The molecule has 2 amide bonds. The summed E-state index contributed by atoms with van der Waals surface area (Å²) in [7, 11) is 1.61. The largest absolute Gasteiger partial charge is 0.497 e. The first-order valence-corrected chi connectivity index (χ1v) is 8.48. The Morgan fingerprint density at radius 2 is 1.92 bits per heavy atom. The zero-order chi connectivity index (χ0) is 17.2. The topological polar surface area (TPSA) is 71.0 Å². The molecule has 24 heavy (non-hydrogen) atoms. The van der Waals surface area contributed by atoms with Crippen LogP contribution in [0.2, 0.25) is 0 Å². The molecule has 0 bridgehead atoms. The summed E-state index contributed by atoms with van der Waals surface area (Å²) in [5, 5.41) is 13.2. The maximum Gasteiger partial charge on any atom is 0.321 e. The maximum atomic E-state index is 12.4. The smallest absolute Gasteiger partial charge is 0.321 e. The van der Waals surface area contributed by atoms with E-state index >= 15 is 0 Å². The van der Waals surface area contributed by atoms with Gasteiger partial charge in [0.25, 0.3) is 0 Å². The molecular weight excluding hydrogens is 308 g/mol. The summed E-state index contributed by atoms with van der Waals surface area (Å²) in [6, 6.07) is 7.18. The molecule has 6 heteroatoms. The Morgan fingerprint density at radius 1 is 1.25 bits per heavy atom. The van der Waals surface area contributed by atoms with E-state index in [2.05, 4.69) is 5.32 Å². The first-order valence-electron chi connectivity index (χ1n) is 8.48. The van der Waals surface area contributed by atoms with Crippen molar-refractivity contribution in [3.05, 3.63) is 24.3 Å². The lowest BCUT2D eigenvalue weighted by atomic mass is 9.78. The highest BCUT2D eigenvalue weighted by atomic mass is 16.5. The van der Waals surface area contributed by atoms with Crippen LogP contribution in [0.4, 0.5) is 10.5 Å². The standard InChI is InChI=1S/C18H26N2O4/c1-17(22)9-12-24-18(13-17)7-10-20(11-8-18)16(21)19-14-3-5-15(23-2)6-4-14/h3-6,22H,7-13H2,1-2H3,(H,19,21). The molecule has 3 rings (SSSR count). The van der Waals surface area contributed by atoms with Crippen molar-refractivity contribution in [1.29, 1.82) is 0 Å². The van der Waals surface area contributed by atoms with Gasteiger partial charge >= 0.3 is 6.03 Å². The monoisotopic (exact) mass is 334 g/mol. The third kappa shape index (κ3) is 3.82. The number of rotatable bonds is 2. The Balaban J connectivity index is 1.55. The molecule has 0 aromatic heterocycles. The zero-order valence-corrected chi connectivity index (χ0v) is 14.4. The van der Waals surface area contributed by atoms with Crippen LogP contribution in [0.3, 0.4) is 0 Å². The molecule has 2 aliphatic rings. The van der Waals surface area contributed by atoms with Gasteiger partial charge in [0.15, 0.2) is 0 Å². The molecule has 1 unspecified atom stereocenters. The number of carbonyl (C=O) groups excluding carboxylic acids is 1. The summed E-state index contributed by atoms with van der Waals surface area (Å²) in [4.78, 5) is 14.2. The number of likely N-dealkylation sites (tertiary alicyclic amines) is 1. The van der Waals surface area contributed by atoms with Crippen LogP contribution in [0.25, 0.3) is 0 Å². The molecule has 2 saturated heterocycles. The van der Waals surface area contributed by atoms with Crippen molar-refractivity contribution in [3.8, 4) is 5.75 Å². The minimum Gasteiger partial charge on any atom is -0.497 e. The average Bonchev–Trinajstić information content (AvgIpc) is 2.55. The minimum atomic E-state index is -0.661. The summed E-state index contributed by atoms with van der Waals surface area (Å²) in [6.07, 6.45) is 2.85. The summed E-state index contributed by atoms with van der Waals surface area (Å²) in [6.45, 7) is 3.74. The van der Waals surface area contributed by atoms with E-state index in [4.69, 9.17) is 9.47 Å². The molecule has 132 valence electrons. The van der Waals surface area contributed by atoms with Crippen LogP contribution < -0.4 is 10.1 Å². The number of methoxy groups -OCH3 is 1. The van der Waals surface area contributed by atoms with Gasteiger partial charge in [-0.05, 0) is 50.5 Å². The number of nitrogens with zero attached hydrogens (tertiary/aromatic N) is 1. The van der Waals surface area contributed by atoms with Gasteiger partial charge in [-0.3, -0.25) is 0 Å². The van der Waals surface area contributed by atoms with Crippen molar-refractivity contribution in [2.24, 2.45) is 0 Å². The number of benzene rings is 1. The van der Waals surface area contributed by atoms with Crippen LogP contribution in [0.5, 0.6) is 5.75 Å². The van der Waals surface area contributed by atoms with E-state index in [1.54, 1.807) is 7.11 Å². The van der Waals surface area contributed by atoms with E-state index in [0.29, 0.717) is 32.5 Å². The second-order valence-electron chi connectivity index (χ2n) is 7.10. The van der Waals surface area contributed by atoms with Gasteiger partial charge in [-0.25, -0.2) is 4.79 Å². The summed E-state index contributed by atoms with van der Waals surface area (Å²) < 4.78 is 11.1. The summed E-state index contributed by atoms with van der Waals surface area (Å²) in [5.41, 5.74) is -0.192. The van der Waals surface area contributed by atoms with Gasteiger partial charge in [-0.15, -0.1) is 0 Å². The second kappa shape index (κ2) is 6.61. The highest BCUT2D eigenvalue weighted by Gasteiger charge is 2.44. The molecular formula is C18H26N2O4. The molecule has 0 saturated carbocycles. The fourth-order valence-corrected chi connectivity index (χ4v) is 3.64. The third-order valence-electron chi connectivity index (χ3n) is 5.06. The van der Waals surface area contributed by atoms with Gasteiger partial charge in [0, 0.05) is 25.2 Å². The molecule has 2 N–H and O–H groups in total. The van der Waals surface area contributed by atoms with Gasteiger partial charge in [0.1, 0.15) is 5.75 Å². The lowest BCUT2D eigenvalue weighted by Gasteiger charge is -2.48. The maximum absolute atomic E-state index is 12.4. The molecule has 6 nitrogen and oxygen atoms in total. The zero-order valence-electron chi connectivity index (χ0n) is 14.4. The number of hydrogen-bond acceptors (Lipinski definition) is 4. The van der Waals surface area contributed by atoms with E-state index in [0.717, 1.165) is 24.3 Å². The van der Waals surface area contributed by atoms with Crippen LogP contribution >= 0.6 is 0 Å². The van der Waals surface area contributed by atoms with Crippen molar-refractivity contribution in [2.45, 2.75) is 43.8 Å². The van der Waals surface area contributed by atoms with Crippen LogP contribution in [-0.4, -0.2) is 54.0 Å². The van der Waals surface area contributed by atoms with E-state index in [1.165, 1.54) is 0 Å². The van der Waals surface area contributed by atoms with Crippen LogP contribution in [0.1, 0.15) is 32.6 Å². The van der Waals surface area contributed by atoms with Gasteiger partial charge < -0.3 is 24.8 Å². The summed E-state index contributed by atoms with van der Waals surface area (Å²) >= 11 is 0. The number of carbonyl (C=O) groups is 1. The van der Waals surface area contributed by atoms with E-state index in [9.17, 15) is 9.90 Å². The quantitative estimate of drug-likeness (QED) is 0.872. The first-order chi connectivity index (χ1) is 11.4. The molecule has 2 fully saturated rings. The Morgan fingerprint density at radius 3 is 2.50 bits per heavy atom. The number of amides is 2. The number of anilines is 1. The van der Waals surface area contributed by atoms with Gasteiger partial charge in [-0.1, -0.05) is 0 Å². The van der Waals surface area contributed by atoms with E-state index in [1.807, 2.05) is 36.1 Å². The van der Waals surface area contributed by atoms with Crippen LogP contribution in [-0.2, 0) is 4.74 Å². The van der Waals surface area contributed by atoms with Crippen molar-refractivity contribution >= 4 is 11.7 Å². The SMILES string of the molecule is COc1ccc(NC(=O)N2CCC3(CC2)CC(C)(O)CCO3)cc1. The fourth-order valence-electron chi connectivity index (χ4n) is 3.64. The van der Waals surface area contributed by atoms with Gasteiger partial charge in [0.05, 0.1) is 24.9 Å². The molecule has 0 aliphatic carbocycles. The Labute approximate surface area is 142 Å². The Hall–Kier alpha value is -1.79. The molecule has 1 spiro atoms. The lowest BCUT2D eigenvalue weighted by molar-refractivity contribution is -0.169.